The highest BCUT2D eigenvalue weighted by Gasteiger charge is 2.39. The number of nitriles is 5. The molecule has 3 aliphatic rings. The predicted molar refractivity (Wildman–Crippen MR) is 448 cm³/mol. The third-order valence-electron chi connectivity index (χ3n) is 16.5. The van der Waals surface area contributed by atoms with Crippen molar-refractivity contribution < 1.29 is 41.2 Å². The molecule has 0 aromatic heterocycles. The number of hydrogen-bond acceptors (Lipinski definition) is 12. The molecule has 4 unspecified atom stereocenters. The Morgan fingerprint density at radius 2 is 1.21 bits per heavy atom. The van der Waals surface area contributed by atoms with Gasteiger partial charge in [-0.25, -0.2) is 9.79 Å². The third-order valence-corrected chi connectivity index (χ3v) is 16.5. The number of hydrogen-bond donors (Lipinski definition) is 0. The average molecular weight is 1880 g/mol. The van der Waals surface area contributed by atoms with Crippen LogP contribution in [0.15, 0.2) is 53.5 Å². The Morgan fingerprint density at radius 1 is 0.696 bits per heavy atom. The molecule has 5 rings (SSSR count). The van der Waals surface area contributed by atoms with Gasteiger partial charge >= 0.3 is 0 Å². The van der Waals surface area contributed by atoms with Gasteiger partial charge in [-0.2, -0.15) is 21.0 Å². The fourth-order valence-electron chi connectivity index (χ4n) is 13.4. The first-order valence-electron chi connectivity index (χ1n) is 34.9. The zero-order chi connectivity index (χ0) is 72.3. The minimum absolute atomic E-state index is 0. The number of benzene rings is 2. The van der Waals surface area contributed by atoms with Gasteiger partial charge in [0.05, 0.1) is 7.82 Å². The van der Waals surface area contributed by atoms with E-state index in [1.165, 1.54) is 126 Å². The zero-order valence-corrected chi connectivity index (χ0v) is 71.2. The van der Waals surface area contributed by atoms with Crippen molar-refractivity contribution in [3.05, 3.63) is 65.2 Å². The summed E-state index contributed by atoms with van der Waals surface area (Å²) in [5, 5.41) is 41.4. The van der Waals surface area contributed by atoms with Gasteiger partial charge in [-0.3, -0.25) is 0 Å². The summed E-state index contributed by atoms with van der Waals surface area (Å²) < 4.78 is 42.4. The molecule has 0 spiro atoms. The molecule has 18 heteroatoms. The molecule has 12 nitrogen and oxygen atoms in total. The first-order valence-corrected chi connectivity index (χ1v) is 42.6. The number of carbonyl (C=O) groups excluding carboxylic acids is 1. The van der Waals surface area contributed by atoms with Crippen molar-refractivity contribution in [1.29, 1.82) is 27.6 Å². The van der Waals surface area contributed by atoms with Crippen LogP contribution in [0, 0.1) is 122 Å². The number of aliphatic imine (C=N–C) groups is 1. The molecule has 92 heavy (non-hydrogen) atoms. The lowest BCUT2D eigenvalue weighted by molar-refractivity contribution is 0.0680. The Morgan fingerprint density at radius 3 is 1.67 bits per heavy atom. The third kappa shape index (κ3) is 59.6. The highest BCUT2D eigenvalue weighted by molar-refractivity contribution is 14.3. The van der Waals surface area contributed by atoms with Crippen LogP contribution in [-0.2, 0) is 30.2 Å². The second kappa shape index (κ2) is 64.1. The number of isocyanates is 1. The Labute approximate surface area is 650 Å². The normalized spacial score (nSPS) is 19.9. The van der Waals surface area contributed by atoms with Crippen molar-refractivity contribution in [2.45, 2.75) is 264 Å². The molecule has 4 atom stereocenters. The minimum Gasteiger partial charge on any atom is -0.428 e. The number of aryl methyl sites for hydroxylation is 1. The van der Waals surface area contributed by atoms with Crippen LogP contribution in [0.4, 0.5) is 0 Å². The Kier molecular flexibility index (Phi) is 64.3. The minimum atomic E-state index is -0.430. The Balaban J connectivity index is -0.0000000919. The summed E-state index contributed by atoms with van der Waals surface area (Å²) in [7, 11) is 0. The van der Waals surface area contributed by atoms with Gasteiger partial charge in [-0.1, -0.05) is 255 Å². The van der Waals surface area contributed by atoms with E-state index in [1.807, 2.05) is 75.7 Å². The molecule has 0 bridgehead atoms. The number of alkyl halides is 2. The standard InChI is InChI=1S/C15H25NO.C15H13NO.C12H21NO.2C11H21NO.C8H15NO.2CH3I.HI2P.HI.7H2/c2*1-12-2-4-13(5-3-12)10-14-6-8-15(9-7-14)17-11-16;1-10-5-11(2,3)7-12(4,6-10)8-13-9-14;1-5-6-11(3,4)7-10(2)8-13-9-12;1-5-6-10(2)7-11(3,4)8-13-9-12;1-2-3-4-5-6-7-10-8-9;2*1-2;1-3-2;;;;;;;;/h12-15H,2-10H2,1H3;2-9H,10H2,1H3;10H,5-8H2,1-4H3;2*10H,5-8H2,1-4H3;2-7H2,1H3;2*1H3;3H;8*1H/i;;;;;;2*1D;3D;;;;;;;;. The lowest BCUT2D eigenvalue weighted by Gasteiger charge is -2.45. The van der Waals surface area contributed by atoms with Gasteiger partial charge in [-0.05, 0) is 219 Å². The van der Waals surface area contributed by atoms with Crippen LogP contribution in [0.5, 0.6) is 5.75 Å². The van der Waals surface area contributed by atoms with Crippen LogP contribution in [0.3, 0.4) is 0 Å². The van der Waals surface area contributed by atoms with E-state index in [-0.39, 0.29) is 50.9 Å². The lowest BCUT2D eigenvalue weighted by Crippen LogP contribution is -2.36. The van der Waals surface area contributed by atoms with Gasteiger partial charge in [0.2, 0.25) is 6.08 Å². The van der Waals surface area contributed by atoms with Gasteiger partial charge in [0.1, 0.15) is 31.7 Å². The highest BCUT2D eigenvalue weighted by Crippen LogP contribution is 2.48. The van der Waals surface area contributed by atoms with Crippen LogP contribution in [0.2, 0.25) is 0 Å². The molecule has 0 saturated heterocycles. The topological polar surface area (TPSA) is 195 Å². The molecule has 0 heterocycles. The Bertz CT molecular complexity index is 2410. The lowest BCUT2D eigenvalue weighted by atomic mass is 9.61. The van der Waals surface area contributed by atoms with Gasteiger partial charge in [0, 0.05) is 22.0 Å². The maximum Gasteiger partial charge on any atom is 0.292 e. The molecule has 540 valence electrons. The smallest absolute Gasteiger partial charge is 0.292 e. The molecule has 3 fully saturated rings. The van der Waals surface area contributed by atoms with E-state index in [9.17, 15) is 4.79 Å². The average Bonchev–Trinajstić information content (AvgIpc) is 0.809. The molecule has 2 aromatic carbocycles. The van der Waals surface area contributed by atoms with Crippen molar-refractivity contribution in [2.75, 3.05) is 36.2 Å². The number of ether oxygens (including phenoxy) is 5. The van der Waals surface area contributed by atoms with Crippen LogP contribution < -0.4 is 4.74 Å². The van der Waals surface area contributed by atoms with Gasteiger partial charge < -0.3 is 23.7 Å². The number of halogens is 5. The van der Waals surface area contributed by atoms with E-state index in [0.29, 0.717) is 58.7 Å². The largest absolute Gasteiger partial charge is 0.428 e. The first kappa shape index (κ1) is 92.4. The zero-order valence-electron chi connectivity index (χ0n) is 62.4. The predicted octanol–water partition coefficient (Wildman–Crippen LogP) is 26.8. The summed E-state index contributed by atoms with van der Waals surface area (Å²) in [6.07, 6.45) is 40.2. The second-order valence-corrected chi connectivity index (χ2v) is 36.5. The molecule has 2 aromatic rings. The summed E-state index contributed by atoms with van der Waals surface area (Å²) in [6, 6.07) is 16.1. The van der Waals surface area contributed by atoms with E-state index >= 15 is 0 Å². The molecule has 3 aliphatic carbocycles. The fraction of sp³-hybridized carbons (Fsp3) is 0.757. The number of nitrogens with zero attached hydrogens (tertiary/aromatic N) is 6. The van der Waals surface area contributed by atoms with Crippen LogP contribution in [0.1, 0.15) is 274 Å². The summed E-state index contributed by atoms with van der Waals surface area (Å²) in [4.78, 5) is 14.8. The molecule has 0 amide bonds. The SMILES string of the molecule is CC1CC(C)(C)CC(C)(CN=C=O)C1.CC1CCC(CC2CCC(OC#N)CC2)CC1.CCCC(C)(C)CC(C)COC#N.CCCC(C)CC(C)(C)COC#N.CCCCCCCOC#N.Cc1ccc(Cc2ccc(OC#N)cc2)cc1.I.[2H]CI.[2H]CI.[2H]P(I)I.[HH].[HH].[HH].[HH].[HH].[HH].[HH]. The van der Waals surface area contributed by atoms with Crippen molar-refractivity contribution in [3.63, 3.8) is 0 Å². The van der Waals surface area contributed by atoms with E-state index in [1.54, 1.807) is 31.1 Å². The number of rotatable bonds is 26. The molecular weight excluding hydrogens is 1730 g/mol. The molecular formula is C74H138I5N6O6P. The fourth-order valence-corrected chi connectivity index (χ4v) is 13.4. The summed E-state index contributed by atoms with van der Waals surface area (Å²) in [6.45, 7) is 35.8. The van der Waals surface area contributed by atoms with Gasteiger partial charge in [0.15, 0.2) is 0 Å². The maximum absolute atomic E-state index is 10.1. The molecule has 3 saturated carbocycles. The Hall–Kier alpha value is -1.65. The maximum atomic E-state index is 10.1. The van der Waals surface area contributed by atoms with Crippen molar-refractivity contribution in [2.24, 2.45) is 62.2 Å². The summed E-state index contributed by atoms with van der Waals surface area (Å²) >= 11 is 8.03. The van der Waals surface area contributed by atoms with Crippen molar-refractivity contribution in [3.8, 4) is 37.0 Å². The van der Waals surface area contributed by atoms with Crippen molar-refractivity contribution >= 4 is 123 Å². The van der Waals surface area contributed by atoms with Crippen LogP contribution in [0.25, 0.3) is 0 Å². The highest BCUT2D eigenvalue weighted by atomic mass is 127. The van der Waals surface area contributed by atoms with E-state index in [0.717, 1.165) is 74.5 Å². The van der Waals surface area contributed by atoms with Crippen molar-refractivity contribution in [1.82, 2.24) is 0 Å². The molecule has 0 aliphatic heterocycles. The van der Waals surface area contributed by atoms with E-state index < -0.39 is 3.81 Å². The van der Waals surface area contributed by atoms with Gasteiger partial charge in [0.25, 0.3) is 31.3 Å². The molecule has 0 N–H and O–H groups in total. The second-order valence-electron chi connectivity index (χ2n) is 28.0. The quantitative estimate of drug-likeness (QED) is 0.0165. The van der Waals surface area contributed by atoms with E-state index in [4.69, 9.17) is 49.3 Å². The molecule has 0 radical (unpaired) electrons. The summed E-state index contributed by atoms with van der Waals surface area (Å²) in [5.41, 5.74) is 4.87. The van der Waals surface area contributed by atoms with Crippen LogP contribution in [-0.4, -0.2) is 49.6 Å². The van der Waals surface area contributed by atoms with E-state index in [2.05, 4.69) is 182 Å². The number of unbranched alkanes of at least 4 members (excludes halogenated alkanes) is 4. The monoisotopic (exact) mass is 1880 g/mol. The first-order chi connectivity index (χ1) is 44.4. The summed E-state index contributed by atoms with van der Waals surface area (Å²) in [5.74, 6) is 5.39. The van der Waals surface area contributed by atoms with Crippen LogP contribution >= 0.6 is 117 Å². The van der Waals surface area contributed by atoms with Gasteiger partial charge in [-0.15, -0.1) is 29.2 Å².